The summed E-state index contributed by atoms with van der Waals surface area (Å²) in [6, 6.07) is 74.1. The zero-order valence-electron chi connectivity index (χ0n) is 36.6. The molecule has 0 saturated heterocycles. The normalized spacial score (nSPS) is 13.5. The number of hydrogen-bond donors (Lipinski definition) is 0. The molecule has 67 heavy (non-hydrogen) atoms. The van der Waals surface area contributed by atoms with Gasteiger partial charge in [0.05, 0.1) is 9.52 Å². The summed E-state index contributed by atoms with van der Waals surface area (Å²) in [6.07, 6.45) is 6.99. The molecule has 0 spiro atoms. The highest BCUT2D eigenvalue weighted by Crippen LogP contribution is 2.50. The summed E-state index contributed by atoms with van der Waals surface area (Å²) in [5, 5.41) is 17.6. The highest BCUT2D eigenvalue weighted by molar-refractivity contribution is 7.26. The van der Waals surface area contributed by atoms with E-state index in [1.165, 1.54) is 150 Å². The SMILES string of the molecule is C1=Cc2c(sc3cccc(-c4c5ccccc5c(-c5ccc6c(c5)-c5ccc(-c7c8ccccc8c(-c8cccc9sc%10ccccc%10c89)c8ccccc78)cc5[SiH2]6)c5ccccc45)c23)CC1. The van der Waals surface area contributed by atoms with E-state index in [1.54, 1.807) is 0 Å². The van der Waals surface area contributed by atoms with Crippen LogP contribution in [0.1, 0.15) is 16.9 Å². The van der Waals surface area contributed by atoms with Crippen LogP contribution in [0.3, 0.4) is 0 Å². The molecule has 0 nitrogen and oxygen atoms in total. The highest BCUT2D eigenvalue weighted by atomic mass is 32.1. The molecule has 0 saturated carbocycles. The van der Waals surface area contributed by atoms with Crippen molar-refractivity contribution in [1.82, 2.24) is 0 Å². The fourth-order valence-electron chi connectivity index (χ4n) is 12.1. The first kappa shape index (κ1) is 37.8. The number of thiophene rings is 2. The number of hydrogen-bond acceptors (Lipinski definition) is 2. The second kappa shape index (κ2) is 14.5. The number of fused-ring (bicyclic) bond motifs is 13. The Morgan fingerprint density at radius 2 is 0.836 bits per heavy atom. The first-order valence-corrected chi connectivity index (χ1v) is 26.6. The highest BCUT2D eigenvalue weighted by Gasteiger charge is 2.26. The maximum Gasteiger partial charge on any atom is 0.0891 e. The molecule has 0 unspecified atom stereocenters. The van der Waals surface area contributed by atoms with E-state index < -0.39 is 9.52 Å². The second-order valence-corrected chi connectivity index (χ2v) is 22.5. The first-order valence-electron chi connectivity index (χ1n) is 23.5. The van der Waals surface area contributed by atoms with Crippen LogP contribution in [-0.4, -0.2) is 9.52 Å². The molecular weight excluding hydrogens is 861 g/mol. The molecule has 1 aliphatic carbocycles. The molecule has 0 bridgehead atoms. The van der Waals surface area contributed by atoms with E-state index in [0.717, 1.165) is 12.8 Å². The zero-order valence-corrected chi connectivity index (χ0v) is 39.6. The predicted octanol–water partition coefficient (Wildman–Crippen LogP) is 16.6. The molecule has 3 heterocycles. The van der Waals surface area contributed by atoms with Crippen LogP contribution in [0.25, 0.3) is 135 Å². The van der Waals surface area contributed by atoms with Crippen molar-refractivity contribution in [2.75, 3.05) is 0 Å². The second-order valence-electron chi connectivity index (χ2n) is 18.4. The third-order valence-corrected chi connectivity index (χ3v) is 19.2. The van der Waals surface area contributed by atoms with E-state index in [-0.39, 0.29) is 0 Å². The Morgan fingerprint density at radius 3 is 1.45 bits per heavy atom. The summed E-state index contributed by atoms with van der Waals surface area (Å²) in [5.41, 5.74) is 14.8. The van der Waals surface area contributed by atoms with Gasteiger partial charge >= 0.3 is 0 Å². The van der Waals surface area contributed by atoms with Crippen LogP contribution in [0, 0.1) is 0 Å². The Morgan fingerprint density at radius 1 is 0.343 bits per heavy atom. The molecule has 11 aromatic carbocycles. The van der Waals surface area contributed by atoms with Gasteiger partial charge in [0.15, 0.2) is 0 Å². The third-order valence-electron chi connectivity index (χ3n) is 14.9. The van der Waals surface area contributed by atoms with Gasteiger partial charge in [-0.2, -0.15) is 0 Å². The Bertz CT molecular complexity index is 4200. The molecule has 1 aliphatic heterocycles. The lowest BCUT2D eigenvalue weighted by Gasteiger charge is -2.19. The summed E-state index contributed by atoms with van der Waals surface area (Å²) < 4.78 is 4.06. The summed E-state index contributed by atoms with van der Waals surface area (Å²) in [6.45, 7) is 0. The van der Waals surface area contributed by atoms with Crippen LogP contribution in [0.15, 0.2) is 200 Å². The van der Waals surface area contributed by atoms with Crippen LogP contribution >= 0.6 is 22.7 Å². The quantitative estimate of drug-likeness (QED) is 0.122. The van der Waals surface area contributed by atoms with Crippen molar-refractivity contribution in [3.05, 3.63) is 211 Å². The molecule has 0 N–H and O–H groups in total. The lowest BCUT2D eigenvalue weighted by atomic mass is 9.84. The topological polar surface area (TPSA) is 0 Å². The predicted molar refractivity (Wildman–Crippen MR) is 297 cm³/mol. The average Bonchev–Trinajstić information content (AvgIpc) is 4.08. The maximum absolute atomic E-state index is 2.56. The van der Waals surface area contributed by atoms with Gasteiger partial charge in [0, 0.05) is 35.1 Å². The van der Waals surface area contributed by atoms with Crippen LogP contribution in [0.4, 0.5) is 0 Å². The Labute approximate surface area is 398 Å². The fraction of sp³-hybridized carbons (Fsp3) is 0.0312. The van der Waals surface area contributed by atoms with Crippen molar-refractivity contribution >= 4 is 122 Å². The first-order chi connectivity index (χ1) is 33.2. The molecule has 2 aromatic heterocycles. The summed E-state index contributed by atoms with van der Waals surface area (Å²) in [5.74, 6) is 0. The van der Waals surface area contributed by atoms with Gasteiger partial charge in [-0.25, -0.2) is 0 Å². The Balaban J connectivity index is 0.895. The van der Waals surface area contributed by atoms with E-state index in [0.29, 0.717) is 0 Å². The summed E-state index contributed by atoms with van der Waals surface area (Å²) in [4.78, 5) is 1.51. The standard InChI is InChI=1S/C64H40S2Si/c1-5-19-44-40(15-1)59(41-16-2-6-20-45(41)61(44)50-25-13-29-55-63(50)48-23-9-11-27-53(48)65-55)37-32-34-57-52(35-37)39-33-31-38(36-58(39)67-57)60-42-17-3-7-21-46(42)62(47-22-8-4-18-43(47)60)51-26-14-30-56-64(51)49-24-10-12-28-54(49)66-56/h1-10,12-26,28-36H,11,27,67H2. The van der Waals surface area contributed by atoms with Crippen LogP contribution in [-0.2, 0) is 6.42 Å². The van der Waals surface area contributed by atoms with E-state index >= 15 is 0 Å². The minimum Gasteiger partial charge on any atom is -0.140 e. The number of rotatable bonds is 4. The van der Waals surface area contributed by atoms with E-state index in [1.807, 2.05) is 22.7 Å². The van der Waals surface area contributed by atoms with Gasteiger partial charge in [-0.15, -0.1) is 22.7 Å². The largest absolute Gasteiger partial charge is 0.140 e. The van der Waals surface area contributed by atoms with Gasteiger partial charge in [0.2, 0.25) is 0 Å². The molecular formula is C64H40S2Si. The third kappa shape index (κ3) is 5.51. The smallest absolute Gasteiger partial charge is 0.0891 e. The monoisotopic (exact) mass is 900 g/mol. The fourth-order valence-corrected chi connectivity index (χ4v) is 16.5. The molecule has 0 amide bonds. The lowest BCUT2D eigenvalue weighted by molar-refractivity contribution is 1.02. The van der Waals surface area contributed by atoms with Crippen molar-refractivity contribution in [2.24, 2.45) is 0 Å². The van der Waals surface area contributed by atoms with Gasteiger partial charge in [0.1, 0.15) is 0 Å². The molecule has 0 radical (unpaired) electrons. The van der Waals surface area contributed by atoms with Crippen molar-refractivity contribution in [3.8, 4) is 55.6 Å². The minimum atomic E-state index is -0.721. The molecule has 3 heteroatoms. The van der Waals surface area contributed by atoms with Crippen molar-refractivity contribution < 1.29 is 0 Å². The van der Waals surface area contributed by atoms with E-state index in [9.17, 15) is 0 Å². The van der Waals surface area contributed by atoms with Gasteiger partial charge in [-0.3, -0.25) is 0 Å². The molecule has 2 aliphatic rings. The Kier molecular flexibility index (Phi) is 8.20. The van der Waals surface area contributed by atoms with Crippen molar-refractivity contribution in [1.29, 1.82) is 0 Å². The van der Waals surface area contributed by atoms with E-state index in [4.69, 9.17) is 0 Å². The molecule has 15 rings (SSSR count). The minimum absolute atomic E-state index is 0.721. The zero-order chi connectivity index (χ0) is 43.7. The van der Waals surface area contributed by atoms with Crippen molar-refractivity contribution in [2.45, 2.75) is 12.8 Å². The molecule has 13 aromatic rings. The lowest BCUT2D eigenvalue weighted by Crippen LogP contribution is -2.20. The van der Waals surface area contributed by atoms with E-state index in [2.05, 4.69) is 206 Å². The number of allylic oxidation sites excluding steroid dienone is 1. The van der Waals surface area contributed by atoms with Crippen LogP contribution in [0.5, 0.6) is 0 Å². The van der Waals surface area contributed by atoms with Crippen LogP contribution < -0.4 is 10.4 Å². The molecule has 312 valence electrons. The van der Waals surface area contributed by atoms with Crippen LogP contribution in [0.2, 0.25) is 0 Å². The summed E-state index contributed by atoms with van der Waals surface area (Å²) >= 11 is 3.87. The maximum atomic E-state index is 2.56. The van der Waals surface area contributed by atoms with Crippen molar-refractivity contribution in [3.63, 3.8) is 0 Å². The van der Waals surface area contributed by atoms with Gasteiger partial charge < -0.3 is 0 Å². The molecule has 0 fully saturated rings. The summed E-state index contributed by atoms with van der Waals surface area (Å²) in [7, 11) is -0.721. The molecule has 0 atom stereocenters. The van der Waals surface area contributed by atoms with Gasteiger partial charge in [-0.1, -0.05) is 192 Å². The number of aryl methyl sites for hydroxylation is 1. The Hall–Kier alpha value is -7.40. The van der Waals surface area contributed by atoms with Gasteiger partial charge in [0.25, 0.3) is 0 Å². The average molecular weight is 901 g/mol. The number of benzene rings is 11. The van der Waals surface area contributed by atoms with Gasteiger partial charge in [-0.05, 0) is 141 Å².